The van der Waals surface area contributed by atoms with Crippen molar-refractivity contribution in [1.82, 2.24) is 20.3 Å². The third-order valence-corrected chi connectivity index (χ3v) is 4.09. The van der Waals surface area contributed by atoms with Crippen molar-refractivity contribution in [3.63, 3.8) is 0 Å². The Balaban J connectivity index is 1.45. The monoisotopic (exact) mass is 330 g/mol. The van der Waals surface area contributed by atoms with Crippen LogP contribution in [0.1, 0.15) is 16.9 Å². The number of nitrogens with zero attached hydrogens (tertiary/aromatic N) is 3. The molecule has 8 heteroatoms. The number of carbonyl (C=O) groups excluding carboxylic acids is 1. The Morgan fingerprint density at radius 3 is 2.96 bits per heavy atom. The molecule has 24 heavy (non-hydrogen) atoms. The van der Waals surface area contributed by atoms with Gasteiger partial charge < -0.3 is 19.5 Å². The zero-order valence-corrected chi connectivity index (χ0v) is 13.1. The van der Waals surface area contributed by atoms with Gasteiger partial charge in [0.2, 0.25) is 0 Å². The Morgan fingerprint density at radius 2 is 2.12 bits per heavy atom. The molecule has 1 atom stereocenters. The molecule has 2 aliphatic heterocycles. The Bertz CT molecular complexity index is 739. The van der Waals surface area contributed by atoms with E-state index in [4.69, 9.17) is 14.2 Å². The normalized spacial score (nSPS) is 19.2. The summed E-state index contributed by atoms with van der Waals surface area (Å²) in [4.78, 5) is 12.2. The van der Waals surface area contributed by atoms with Crippen LogP contribution in [0, 0.1) is 5.92 Å². The minimum atomic E-state index is -0.231. The Kier molecular flexibility index (Phi) is 4.04. The summed E-state index contributed by atoms with van der Waals surface area (Å²) in [5.74, 6) is 1.52. The third kappa shape index (κ3) is 3.05. The lowest BCUT2D eigenvalue weighted by atomic mass is 10.1. The fraction of sp³-hybridized carbons (Fsp3) is 0.438. The van der Waals surface area contributed by atoms with Crippen molar-refractivity contribution >= 4 is 5.91 Å². The van der Waals surface area contributed by atoms with E-state index in [2.05, 4.69) is 15.6 Å². The highest BCUT2D eigenvalue weighted by atomic mass is 16.6. The molecule has 2 aliphatic rings. The molecule has 3 heterocycles. The van der Waals surface area contributed by atoms with Crippen molar-refractivity contribution in [3.8, 4) is 17.2 Å². The zero-order chi connectivity index (χ0) is 16.4. The maximum Gasteiger partial charge on any atom is 0.273 e. The summed E-state index contributed by atoms with van der Waals surface area (Å²) in [5, 5.41) is 10.8. The van der Waals surface area contributed by atoms with Gasteiger partial charge in [-0.25, -0.2) is 4.68 Å². The minimum absolute atomic E-state index is 0.231. The van der Waals surface area contributed by atoms with Gasteiger partial charge in [-0.15, -0.1) is 5.10 Å². The SMILES string of the molecule is O=C(NC[C@H]1CCOC1)c1cn(-c2ccc3c(c2)OCCO3)nn1. The van der Waals surface area contributed by atoms with Crippen LogP contribution in [-0.4, -0.2) is 53.9 Å². The molecule has 0 unspecified atom stereocenters. The number of amides is 1. The van der Waals surface area contributed by atoms with Crippen molar-refractivity contribution in [1.29, 1.82) is 0 Å². The van der Waals surface area contributed by atoms with Crippen LogP contribution in [0.15, 0.2) is 24.4 Å². The molecule has 8 nitrogen and oxygen atoms in total. The molecule has 1 N–H and O–H groups in total. The van der Waals surface area contributed by atoms with E-state index in [0.717, 1.165) is 18.7 Å². The maximum absolute atomic E-state index is 12.2. The molecular weight excluding hydrogens is 312 g/mol. The smallest absolute Gasteiger partial charge is 0.273 e. The molecule has 1 fully saturated rings. The predicted molar refractivity (Wildman–Crippen MR) is 83.6 cm³/mol. The quantitative estimate of drug-likeness (QED) is 0.892. The van der Waals surface area contributed by atoms with Gasteiger partial charge in [0.05, 0.1) is 18.5 Å². The van der Waals surface area contributed by atoms with Crippen molar-refractivity contribution in [3.05, 3.63) is 30.1 Å². The molecule has 0 saturated carbocycles. The van der Waals surface area contributed by atoms with Crippen LogP contribution >= 0.6 is 0 Å². The van der Waals surface area contributed by atoms with Crippen LogP contribution in [-0.2, 0) is 4.74 Å². The van der Waals surface area contributed by atoms with Gasteiger partial charge >= 0.3 is 0 Å². The lowest BCUT2D eigenvalue weighted by Crippen LogP contribution is -2.29. The number of ether oxygens (including phenoxy) is 3. The minimum Gasteiger partial charge on any atom is -0.486 e. The van der Waals surface area contributed by atoms with Crippen LogP contribution in [0.4, 0.5) is 0 Å². The van der Waals surface area contributed by atoms with Gasteiger partial charge in [0.25, 0.3) is 5.91 Å². The standard InChI is InChI=1S/C16H18N4O4/c21-16(17-8-11-3-4-22-10-11)13-9-20(19-18-13)12-1-2-14-15(7-12)24-6-5-23-14/h1-2,7,9,11H,3-6,8,10H2,(H,17,21)/t11-/m1/s1. The molecule has 0 radical (unpaired) electrons. The van der Waals surface area contributed by atoms with Crippen LogP contribution in [0.2, 0.25) is 0 Å². The Hall–Kier alpha value is -2.61. The fourth-order valence-electron chi connectivity index (χ4n) is 2.74. The number of benzene rings is 1. The number of rotatable bonds is 4. The summed E-state index contributed by atoms with van der Waals surface area (Å²) in [7, 11) is 0. The molecule has 0 spiro atoms. The Labute approximate surface area is 138 Å². The first-order chi connectivity index (χ1) is 11.8. The number of hydrogen-bond acceptors (Lipinski definition) is 6. The topological polar surface area (TPSA) is 87.5 Å². The van der Waals surface area contributed by atoms with Crippen LogP contribution in [0.3, 0.4) is 0 Å². The zero-order valence-electron chi connectivity index (χ0n) is 13.1. The largest absolute Gasteiger partial charge is 0.486 e. The first-order valence-electron chi connectivity index (χ1n) is 7.98. The van der Waals surface area contributed by atoms with Gasteiger partial charge in [-0.3, -0.25) is 4.79 Å². The molecule has 2 aromatic rings. The van der Waals surface area contributed by atoms with Gasteiger partial charge in [-0.05, 0) is 18.6 Å². The summed E-state index contributed by atoms with van der Waals surface area (Å²) in [6, 6.07) is 5.49. The summed E-state index contributed by atoms with van der Waals surface area (Å²) in [6.45, 7) is 3.12. The molecule has 1 amide bonds. The van der Waals surface area contributed by atoms with Gasteiger partial charge in [0.1, 0.15) is 13.2 Å². The summed E-state index contributed by atoms with van der Waals surface area (Å²) < 4.78 is 17.9. The molecule has 4 rings (SSSR count). The van der Waals surface area contributed by atoms with E-state index in [0.29, 0.717) is 43.8 Å². The summed E-state index contributed by atoms with van der Waals surface area (Å²) >= 11 is 0. The molecule has 0 bridgehead atoms. The van der Waals surface area contributed by atoms with Crippen molar-refractivity contribution in [2.75, 3.05) is 33.0 Å². The second-order valence-electron chi connectivity index (χ2n) is 5.82. The highest BCUT2D eigenvalue weighted by Gasteiger charge is 2.19. The van der Waals surface area contributed by atoms with E-state index in [1.807, 2.05) is 18.2 Å². The predicted octanol–water partition coefficient (Wildman–Crippen LogP) is 0.805. The number of nitrogens with one attached hydrogen (secondary N) is 1. The van der Waals surface area contributed by atoms with Gasteiger partial charge in [-0.2, -0.15) is 0 Å². The molecular formula is C16H18N4O4. The van der Waals surface area contributed by atoms with Crippen molar-refractivity contribution in [2.45, 2.75) is 6.42 Å². The Morgan fingerprint density at radius 1 is 1.25 bits per heavy atom. The molecule has 1 saturated heterocycles. The van der Waals surface area contributed by atoms with Crippen LogP contribution in [0.25, 0.3) is 5.69 Å². The van der Waals surface area contributed by atoms with Crippen molar-refractivity contribution in [2.24, 2.45) is 5.92 Å². The van der Waals surface area contributed by atoms with E-state index >= 15 is 0 Å². The van der Waals surface area contributed by atoms with Crippen molar-refractivity contribution < 1.29 is 19.0 Å². The van der Waals surface area contributed by atoms with E-state index in [1.165, 1.54) is 0 Å². The van der Waals surface area contributed by atoms with Crippen LogP contribution in [0.5, 0.6) is 11.5 Å². The first-order valence-corrected chi connectivity index (χ1v) is 7.98. The highest BCUT2D eigenvalue weighted by Crippen LogP contribution is 2.31. The van der Waals surface area contributed by atoms with E-state index < -0.39 is 0 Å². The number of hydrogen-bond donors (Lipinski definition) is 1. The molecule has 1 aromatic carbocycles. The van der Waals surface area contributed by atoms with Gasteiger partial charge in [0.15, 0.2) is 17.2 Å². The summed E-state index contributed by atoms with van der Waals surface area (Å²) in [5.41, 5.74) is 1.04. The lowest BCUT2D eigenvalue weighted by molar-refractivity contribution is 0.0940. The number of fused-ring (bicyclic) bond motifs is 1. The second-order valence-corrected chi connectivity index (χ2v) is 5.82. The summed E-state index contributed by atoms with van der Waals surface area (Å²) in [6.07, 6.45) is 2.58. The van der Waals surface area contributed by atoms with Crippen LogP contribution < -0.4 is 14.8 Å². The third-order valence-electron chi connectivity index (χ3n) is 4.09. The van der Waals surface area contributed by atoms with E-state index in [-0.39, 0.29) is 11.6 Å². The van der Waals surface area contributed by atoms with E-state index in [9.17, 15) is 4.79 Å². The van der Waals surface area contributed by atoms with Gasteiger partial charge in [-0.1, -0.05) is 5.21 Å². The number of carbonyl (C=O) groups is 1. The lowest BCUT2D eigenvalue weighted by Gasteiger charge is -2.18. The first kappa shape index (κ1) is 14.9. The van der Waals surface area contributed by atoms with E-state index in [1.54, 1.807) is 10.9 Å². The fourth-order valence-corrected chi connectivity index (χ4v) is 2.74. The average molecular weight is 330 g/mol. The number of aromatic nitrogens is 3. The molecule has 1 aromatic heterocycles. The highest BCUT2D eigenvalue weighted by molar-refractivity contribution is 5.91. The van der Waals surface area contributed by atoms with Gasteiger partial charge in [0, 0.05) is 25.1 Å². The average Bonchev–Trinajstić information content (AvgIpc) is 3.31. The maximum atomic E-state index is 12.2. The molecule has 0 aliphatic carbocycles. The molecule has 126 valence electrons. The second kappa shape index (κ2) is 6.48.